The first-order valence-corrected chi connectivity index (χ1v) is 13.6. The maximum atomic E-state index is 13.4. The summed E-state index contributed by atoms with van der Waals surface area (Å²) in [5.74, 6) is 1.28. The Kier molecular flexibility index (Phi) is 7.18. The highest BCUT2D eigenvalue weighted by Crippen LogP contribution is 2.40. The second-order valence-corrected chi connectivity index (χ2v) is 11.2. The molecule has 1 saturated heterocycles. The van der Waals surface area contributed by atoms with Crippen LogP contribution in [0.15, 0.2) is 64.2 Å². The number of rotatable bonds is 6. The second kappa shape index (κ2) is 10.4. The number of halogens is 1. The molecule has 3 aromatic carbocycles. The predicted octanol–water partition coefficient (Wildman–Crippen LogP) is 5.54. The van der Waals surface area contributed by atoms with Gasteiger partial charge in [0.25, 0.3) is 5.91 Å². The lowest BCUT2D eigenvalue weighted by atomic mass is 9.78. The number of hydrazone groups is 1. The van der Waals surface area contributed by atoms with Crippen molar-refractivity contribution in [1.29, 1.82) is 0 Å². The minimum absolute atomic E-state index is 0.0179. The third kappa shape index (κ3) is 4.45. The number of hydrogen-bond donors (Lipinski definition) is 0. The molecule has 0 bridgehead atoms. The van der Waals surface area contributed by atoms with Crippen LogP contribution in [0.4, 0.5) is 0 Å². The van der Waals surface area contributed by atoms with Crippen LogP contribution in [0.5, 0.6) is 11.5 Å². The molecule has 38 heavy (non-hydrogen) atoms. The average Bonchev–Trinajstić information content (AvgIpc) is 3.22. The van der Waals surface area contributed by atoms with Crippen molar-refractivity contribution in [3.8, 4) is 11.5 Å². The van der Waals surface area contributed by atoms with Crippen LogP contribution in [0.3, 0.4) is 0 Å². The van der Waals surface area contributed by atoms with E-state index in [1.807, 2.05) is 64.5 Å². The van der Waals surface area contributed by atoms with Crippen LogP contribution in [0.1, 0.15) is 42.6 Å². The zero-order valence-electron chi connectivity index (χ0n) is 22.1. The molecule has 0 radical (unpaired) electrons. The number of piperidine rings is 1. The summed E-state index contributed by atoms with van der Waals surface area (Å²) < 4.78 is 11.7. The number of benzene rings is 3. The van der Waals surface area contributed by atoms with E-state index in [9.17, 15) is 9.59 Å². The number of aldehydes is 1. The Morgan fingerprint density at radius 1 is 1.03 bits per heavy atom. The molecule has 0 aliphatic carbocycles. The number of hydrogen-bond acceptors (Lipinski definition) is 6. The van der Waals surface area contributed by atoms with Crippen molar-refractivity contribution < 1.29 is 19.1 Å². The van der Waals surface area contributed by atoms with Crippen molar-refractivity contribution in [2.75, 3.05) is 27.3 Å². The van der Waals surface area contributed by atoms with E-state index in [2.05, 4.69) is 29.8 Å². The van der Waals surface area contributed by atoms with Gasteiger partial charge in [0, 0.05) is 28.5 Å². The molecule has 3 aromatic rings. The van der Waals surface area contributed by atoms with Gasteiger partial charge in [0.05, 0.1) is 31.5 Å². The fourth-order valence-electron chi connectivity index (χ4n) is 5.63. The summed E-state index contributed by atoms with van der Waals surface area (Å²) in [6, 6.07) is 17.3. The van der Waals surface area contributed by atoms with Gasteiger partial charge < -0.3 is 19.2 Å². The van der Waals surface area contributed by atoms with Crippen molar-refractivity contribution in [3.05, 3.63) is 70.2 Å². The van der Waals surface area contributed by atoms with Gasteiger partial charge in [-0.15, -0.1) is 0 Å². The second-order valence-electron chi connectivity index (χ2n) is 10.4. The molecule has 1 amide bonds. The van der Waals surface area contributed by atoms with E-state index in [-0.39, 0.29) is 11.9 Å². The van der Waals surface area contributed by atoms with E-state index in [0.717, 1.165) is 45.6 Å². The van der Waals surface area contributed by atoms with Crippen molar-refractivity contribution in [1.82, 2.24) is 9.91 Å². The van der Waals surface area contributed by atoms with Crippen LogP contribution in [0.2, 0.25) is 0 Å². The maximum Gasteiger partial charge on any atom is 0.255 e. The molecule has 0 aromatic heterocycles. The Balaban J connectivity index is 1.35. The number of ether oxygens (including phenoxy) is 2. The number of fused-ring (bicyclic) bond motifs is 1. The Bertz CT molecular complexity index is 1410. The molecule has 2 aliphatic heterocycles. The standard InChI is InChI=1S/C30H32BrN3O4/c1-30(2)26(18-35)34(32-28(30)20-10-12-24(37-3)25(17-20)38-4)21-13-15-33(16-14-21)29(36)23-11-9-19-7-5-6-8-22(19)27(23)31/h5-12,17-18,21,26H,13-16H2,1-4H3. The zero-order chi connectivity index (χ0) is 27.0. The van der Waals surface area contributed by atoms with E-state index in [1.54, 1.807) is 14.2 Å². The van der Waals surface area contributed by atoms with Gasteiger partial charge in [-0.1, -0.05) is 44.2 Å². The number of amides is 1. The lowest BCUT2D eigenvalue weighted by Gasteiger charge is -2.39. The Hall–Kier alpha value is -3.39. The maximum absolute atomic E-state index is 13.4. The normalized spacial score (nSPS) is 19.4. The highest BCUT2D eigenvalue weighted by Gasteiger charge is 2.47. The molecule has 1 atom stereocenters. The summed E-state index contributed by atoms with van der Waals surface area (Å²) >= 11 is 3.66. The van der Waals surface area contributed by atoms with E-state index in [0.29, 0.717) is 30.2 Å². The summed E-state index contributed by atoms with van der Waals surface area (Å²) in [5.41, 5.74) is 1.92. The van der Waals surface area contributed by atoms with Crippen LogP contribution < -0.4 is 9.47 Å². The molecular weight excluding hydrogens is 546 g/mol. The summed E-state index contributed by atoms with van der Waals surface area (Å²) in [6.07, 6.45) is 2.47. The largest absolute Gasteiger partial charge is 0.493 e. The minimum Gasteiger partial charge on any atom is -0.493 e. The first kappa shape index (κ1) is 26.2. The van der Waals surface area contributed by atoms with Gasteiger partial charge in [0.1, 0.15) is 12.3 Å². The summed E-state index contributed by atoms with van der Waals surface area (Å²) in [6.45, 7) is 5.31. The van der Waals surface area contributed by atoms with Crippen LogP contribution in [-0.4, -0.2) is 67.2 Å². The van der Waals surface area contributed by atoms with E-state index in [1.165, 1.54) is 0 Å². The van der Waals surface area contributed by atoms with Gasteiger partial charge in [-0.25, -0.2) is 0 Å². The molecule has 2 aliphatic rings. The average molecular weight is 579 g/mol. The first-order chi connectivity index (χ1) is 18.3. The van der Waals surface area contributed by atoms with Crippen molar-refractivity contribution in [3.63, 3.8) is 0 Å². The number of nitrogens with zero attached hydrogens (tertiary/aromatic N) is 3. The molecule has 8 heteroatoms. The molecule has 1 unspecified atom stereocenters. The Morgan fingerprint density at radius 3 is 2.42 bits per heavy atom. The lowest BCUT2D eigenvalue weighted by Crippen LogP contribution is -2.50. The van der Waals surface area contributed by atoms with E-state index in [4.69, 9.17) is 14.6 Å². The quantitative estimate of drug-likeness (QED) is 0.360. The molecule has 1 fully saturated rings. The highest BCUT2D eigenvalue weighted by atomic mass is 79.9. The third-order valence-corrected chi connectivity index (χ3v) is 8.71. The SMILES string of the molecule is COc1ccc(C2=NN(C3CCN(C(=O)c4ccc5ccccc5c4Br)CC3)C(C=O)C2(C)C)cc1OC. The number of likely N-dealkylation sites (tertiary alicyclic amines) is 1. The van der Waals surface area contributed by atoms with Gasteiger partial charge >= 0.3 is 0 Å². The molecular formula is C30H32BrN3O4. The van der Waals surface area contributed by atoms with Gasteiger partial charge in [0.15, 0.2) is 11.5 Å². The van der Waals surface area contributed by atoms with Gasteiger partial charge in [-0.3, -0.25) is 9.80 Å². The molecule has 0 N–H and O–H groups in total. The number of carbonyl (C=O) groups is 2. The van der Waals surface area contributed by atoms with Gasteiger partial charge in [-0.2, -0.15) is 5.10 Å². The van der Waals surface area contributed by atoms with Crippen LogP contribution >= 0.6 is 15.9 Å². The minimum atomic E-state index is -0.496. The molecule has 5 rings (SSSR count). The summed E-state index contributed by atoms with van der Waals surface area (Å²) in [7, 11) is 3.21. The van der Waals surface area contributed by atoms with Crippen LogP contribution in [-0.2, 0) is 4.79 Å². The van der Waals surface area contributed by atoms with Crippen molar-refractivity contribution >= 4 is 44.6 Å². The van der Waals surface area contributed by atoms with Crippen molar-refractivity contribution in [2.45, 2.75) is 38.8 Å². The molecule has 0 saturated carbocycles. The fraction of sp³-hybridized carbons (Fsp3) is 0.367. The fourth-order valence-corrected chi connectivity index (χ4v) is 6.30. The Morgan fingerprint density at radius 2 is 1.74 bits per heavy atom. The lowest BCUT2D eigenvalue weighted by molar-refractivity contribution is -0.115. The van der Waals surface area contributed by atoms with Crippen LogP contribution in [0.25, 0.3) is 10.8 Å². The first-order valence-electron chi connectivity index (χ1n) is 12.8. The summed E-state index contributed by atoms with van der Waals surface area (Å²) in [4.78, 5) is 27.7. The zero-order valence-corrected chi connectivity index (χ0v) is 23.7. The summed E-state index contributed by atoms with van der Waals surface area (Å²) in [5, 5.41) is 9.09. The molecule has 7 nitrogen and oxygen atoms in total. The number of carbonyl (C=O) groups excluding carboxylic acids is 2. The third-order valence-electron chi connectivity index (χ3n) is 7.86. The molecule has 2 heterocycles. The van der Waals surface area contributed by atoms with E-state index >= 15 is 0 Å². The van der Waals surface area contributed by atoms with Crippen LogP contribution in [0, 0.1) is 5.41 Å². The smallest absolute Gasteiger partial charge is 0.255 e. The predicted molar refractivity (Wildman–Crippen MR) is 152 cm³/mol. The van der Waals surface area contributed by atoms with Gasteiger partial charge in [0.2, 0.25) is 0 Å². The monoisotopic (exact) mass is 577 g/mol. The van der Waals surface area contributed by atoms with Crippen molar-refractivity contribution in [2.24, 2.45) is 10.5 Å². The number of methoxy groups -OCH3 is 2. The molecule has 198 valence electrons. The Labute approximate surface area is 231 Å². The molecule has 0 spiro atoms. The topological polar surface area (TPSA) is 71.4 Å². The van der Waals surface area contributed by atoms with E-state index < -0.39 is 11.5 Å². The van der Waals surface area contributed by atoms with Gasteiger partial charge in [-0.05, 0) is 63.8 Å². The highest BCUT2D eigenvalue weighted by molar-refractivity contribution is 9.10.